The Balaban J connectivity index is 1.57. The van der Waals surface area contributed by atoms with E-state index in [0.717, 1.165) is 42.4 Å². The van der Waals surface area contributed by atoms with Crippen LogP contribution in [0, 0.1) is 0 Å². The Morgan fingerprint density at radius 1 is 0.697 bits per heavy atom. The molecule has 0 aliphatic heterocycles. The molecule has 0 aromatic heterocycles. The van der Waals surface area contributed by atoms with Crippen molar-refractivity contribution in [2.24, 2.45) is 0 Å². The van der Waals surface area contributed by atoms with Crippen LogP contribution in [0.3, 0.4) is 0 Å². The molecule has 0 bridgehead atoms. The molecular weight excluding hydrogens is 408 g/mol. The predicted molar refractivity (Wildman–Crippen MR) is 132 cm³/mol. The molecule has 1 unspecified atom stereocenters. The summed E-state index contributed by atoms with van der Waals surface area (Å²) < 4.78 is 0. The Morgan fingerprint density at radius 3 is 1.76 bits per heavy atom. The molecule has 0 saturated heterocycles. The van der Waals surface area contributed by atoms with E-state index in [0.29, 0.717) is 6.42 Å². The molecule has 1 aliphatic carbocycles. The van der Waals surface area contributed by atoms with Crippen molar-refractivity contribution >= 4 is 11.8 Å². The quantitative estimate of drug-likeness (QED) is 0.518. The topological polar surface area (TPSA) is 58.2 Å². The first-order valence-corrected chi connectivity index (χ1v) is 12.0. The zero-order chi connectivity index (χ0) is 22.9. The maximum atomic E-state index is 13.7. The first kappa shape index (κ1) is 22.8. The molecule has 0 heterocycles. The average molecular weight is 441 g/mol. The number of amides is 2. The van der Waals surface area contributed by atoms with Crippen LogP contribution in [0.1, 0.15) is 54.7 Å². The summed E-state index contributed by atoms with van der Waals surface area (Å²) in [4.78, 5) is 27.0. The van der Waals surface area contributed by atoms with Gasteiger partial charge in [0.15, 0.2) is 0 Å². The first-order chi connectivity index (χ1) is 16.2. The number of rotatable bonds is 8. The van der Waals surface area contributed by atoms with E-state index in [1.807, 2.05) is 91.0 Å². The highest BCUT2D eigenvalue weighted by atomic mass is 16.2. The summed E-state index contributed by atoms with van der Waals surface area (Å²) in [6, 6.07) is 29.0. The fourth-order valence-electron chi connectivity index (χ4n) is 4.65. The number of benzene rings is 3. The van der Waals surface area contributed by atoms with E-state index < -0.39 is 12.0 Å². The third-order valence-electron chi connectivity index (χ3n) is 6.40. The Hall–Kier alpha value is -3.40. The molecule has 4 heteroatoms. The van der Waals surface area contributed by atoms with Crippen LogP contribution in [0.2, 0.25) is 0 Å². The molecule has 3 aromatic rings. The summed E-state index contributed by atoms with van der Waals surface area (Å²) in [6.45, 7) is 0. The van der Waals surface area contributed by atoms with Gasteiger partial charge in [0.25, 0.3) is 0 Å². The van der Waals surface area contributed by atoms with Crippen LogP contribution >= 0.6 is 0 Å². The number of carbonyl (C=O) groups excluding carboxylic acids is 2. The number of carbonyl (C=O) groups is 2. The average Bonchev–Trinajstić information content (AvgIpc) is 2.86. The van der Waals surface area contributed by atoms with Gasteiger partial charge < -0.3 is 10.6 Å². The van der Waals surface area contributed by atoms with E-state index in [-0.39, 0.29) is 17.9 Å². The van der Waals surface area contributed by atoms with Gasteiger partial charge in [-0.15, -0.1) is 0 Å². The van der Waals surface area contributed by atoms with Crippen LogP contribution in [0.25, 0.3) is 0 Å². The second-order valence-corrected chi connectivity index (χ2v) is 8.85. The van der Waals surface area contributed by atoms with Crippen molar-refractivity contribution in [1.29, 1.82) is 0 Å². The van der Waals surface area contributed by atoms with Crippen molar-refractivity contribution in [3.05, 3.63) is 108 Å². The van der Waals surface area contributed by atoms with Crippen molar-refractivity contribution in [3.63, 3.8) is 0 Å². The number of hydrogen-bond donors (Lipinski definition) is 2. The van der Waals surface area contributed by atoms with Crippen LogP contribution in [-0.4, -0.2) is 23.9 Å². The van der Waals surface area contributed by atoms with E-state index in [4.69, 9.17) is 0 Å². The molecular formula is C29H32N2O2. The molecule has 33 heavy (non-hydrogen) atoms. The molecule has 4 rings (SSSR count). The van der Waals surface area contributed by atoms with Crippen LogP contribution in [0.4, 0.5) is 0 Å². The van der Waals surface area contributed by atoms with Crippen molar-refractivity contribution in [3.8, 4) is 0 Å². The summed E-state index contributed by atoms with van der Waals surface area (Å²) in [5.41, 5.74) is 2.84. The molecule has 1 aliphatic rings. The Labute approximate surface area is 196 Å². The lowest BCUT2D eigenvalue weighted by Gasteiger charge is -2.27. The van der Waals surface area contributed by atoms with Gasteiger partial charge >= 0.3 is 0 Å². The Morgan fingerprint density at radius 2 is 1.21 bits per heavy atom. The van der Waals surface area contributed by atoms with E-state index >= 15 is 0 Å². The van der Waals surface area contributed by atoms with Crippen LogP contribution < -0.4 is 10.6 Å². The van der Waals surface area contributed by atoms with Crippen LogP contribution in [0.15, 0.2) is 91.0 Å². The van der Waals surface area contributed by atoms with Gasteiger partial charge in [0.1, 0.15) is 6.04 Å². The smallest absolute Gasteiger partial charge is 0.243 e. The van der Waals surface area contributed by atoms with E-state index in [9.17, 15) is 9.59 Å². The second-order valence-electron chi connectivity index (χ2n) is 8.85. The summed E-state index contributed by atoms with van der Waals surface area (Å²) in [6.07, 6.45) is 5.99. The summed E-state index contributed by atoms with van der Waals surface area (Å²) in [5.74, 6) is -0.737. The maximum absolute atomic E-state index is 13.7. The summed E-state index contributed by atoms with van der Waals surface area (Å²) >= 11 is 0. The highest BCUT2D eigenvalue weighted by molar-refractivity contribution is 5.92. The third kappa shape index (κ3) is 6.32. The fourth-order valence-corrected chi connectivity index (χ4v) is 4.65. The van der Waals surface area contributed by atoms with E-state index in [2.05, 4.69) is 10.6 Å². The number of hydrogen-bond acceptors (Lipinski definition) is 2. The monoisotopic (exact) mass is 440 g/mol. The Kier molecular flexibility index (Phi) is 7.91. The minimum absolute atomic E-state index is 0.0982. The molecule has 1 saturated carbocycles. The maximum Gasteiger partial charge on any atom is 0.243 e. The van der Waals surface area contributed by atoms with Gasteiger partial charge in [-0.2, -0.15) is 0 Å². The molecule has 170 valence electrons. The molecule has 2 amide bonds. The van der Waals surface area contributed by atoms with E-state index in [1.165, 1.54) is 6.42 Å². The lowest BCUT2D eigenvalue weighted by atomic mass is 9.90. The predicted octanol–water partition coefficient (Wildman–Crippen LogP) is 4.99. The SMILES string of the molecule is O=C(NC1CCCCC1)C(Cc1ccccc1)NC(=O)C(c1ccccc1)c1ccccc1. The lowest BCUT2D eigenvalue weighted by molar-refractivity contribution is -0.129. The molecule has 3 aromatic carbocycles. The third-order valence-corrected chi connectivity index (χ3v) is 6.40. The van der Waals surface area contributed by atoms with Crippen LogP contribution in [-0.2, 0) is 16.0 Å². The van der Waals surface area contributed by atoms with E-state index in [1.54, 1.807) is 0 Å². The van der Waals surface area contributed by atoms with Gasteiger partial charge in [-0.25, -0.2) is 0 Å². The molecule has 4 nitrogen and oxygen atoms in total. The standard InChI is InChI=1S/C29H32N2O2/c32-28(30-25-19-11-4-12-20-25)26(21-22-13-5-1-6-14-22)31-29(33)27(23-15-7-2-8-16-23)24-17-9-3-10-18-24/h1-3,5-10,13-18,25-27H,4,11-12,19-21H2,(H,30,32)(H,31,33). The summed E-state index contributed by atoms with van der Waals surface area (Å²) in [5, 5.41) is 6.31. The highest BCUT2D eigenvalue weighted by Gasteiger charge is 2.29. The molecule has 0 radical (unpaired) electrons. The minimum atomic E-state index is -0.628. The number of nitrogens with one attached hydrogen (secondary N) is 2. The van der Waals surface area contributed by atoms with Crippen molar-refractivity contribution < 1.29 is 9.59 Å². The summed E-state index contributed by atoms with van der Waals surface area (Å²) in [7, 11) is 0. The van der Waals surface area contributed by atoms with Crippen molar-refractivity contribution in [2.75, 3.05) is 0 Å². The minimum Gasteiger partial charge on any atom is -0.352 e. The molecule has 1 fully saturated rings. The molecule has 0 spiro atoms. The van der Waals surface area contributed by atoms with Gasteiger partial charge in [-0.05, 0) is 29.5 Å². The fraction of sp³-hybridized carbons (Fsp3) is 0.310. The van der Waals surface area contributed by atoms with Gasteiger partial charge in [-0.3, -0.25) is 9.59 Å². The second kappa shape index (κ2) is 11.5. The largest absolute Gasteiger partial charge is 0.352 e. The first-order valence-electron chi connectivity index (χ1n) is 12.0. The zero-order valence-corrected chi connectivity index (χ0v) is 19.0. The van der Waals surface area contributed by atoms with Gasteiger partial charge in [0.2, 0.25) is 11.8 Å². The van der Waals surface area contributed by atoms with Gasteiger partial charge in [-0.1, -0.05) is 110 Å². The van der Waals surface area contributed by atoms with Crippen molar-refractivity contribution in [1.82, 2.24) is 10.6 Å². The Bertz CT molecular complexity index is 976. The van der Waals surface area contributed by atoms with Gasteiger partial charge in [0, 0.05) is 12.5 Å². The molecule has 2 N–H and O–H groups in total. The zero-order valence-electron chi connectivity index (χ0n) is 19.0. The lowest BCUT2D eigenvalue weighted by Crippen LogP contribution is -2.52. The highest BCUT2D eigenvalue weighted by Crippen LogP contribution is 2.25. The molecule has 1 atom stereocenters. The van der Waals surface area contributed by atoms with Gasteiger partial charge in [0.05, 0.1) is 5.92 Å². The normalized spacial score (nSPS) is 15.1. The van der Waals surface area contributed by atoms with Crippen molar-refractivity contribution in [2.45, 2.75) is 56.5 Å². The van der Waals surface area contributed by atoms with Crippen LogP contribution in [0.5, 0.6) is 0 Å².